The Balaban J connectivity index is 0.000000791. The zero-order chi connectivity index (χ0) is 11.0. The van der Waals surface area contributed by atoms with Crippen LogP contribution >= 0.6 is 0 Å². The van der Waals surface area contributed by atoms with E-state index in [1.807, 2.05) is 13.8 Å². The highest BCUT2D eigenvalue weighted by atomic mass is 15.1. The van der Waals surface area contributed by atoms with Crippen molar-refractivity contribution in [2.24, 2.45) is 5.73 Å². The van der Waals surface area contributed by atoms with Crippen molar-refractivity contribution in [3.63, 3.8) is 0 Å². The quantitative estimate of drug-likeness (QED) is 0.759. The van der Waals surface area contributed by atoms with Gasteiger partial charge in [0.25, 0.3) is 0 Å². The highest BCUT2D eigenvalue weighted by Gasteiger charge is 2.24. The fraction of sp³-hybridized carbons (Fsp3) is 1.00. The van der Waals surface area contributed by atoms with E-state index in [1.165, 1.54) is 38.6 Å². The predicted molar refractivity (Wildman–Crippen MR) is 64.5 cm³/mol. The van der Waals surface area contributed by atoms with Crippen LogP contribution in [-0.4, -0.2) is 30.6 Å². The molecule has 2 N–H and O–H groups in total. The second-order valence-electron chi connectivity index (χ2n) is 4.00. The summed E-state index contributed by atoms with van der Waals surface area (Å²) in [5, 5.41) is 0. The summed E-state index contributed by atoms with van der Waals surface area (Å²) in [6.07, 6.45) is 6.46. The molecule has 86 valence electrons. The summed E-state index contributed by atoms with van der Waals surface area (Å²) in [5.41, 5.74) is 6.07. The minimum Gasteiger partial charge on any atom is -0.326 e. The van der Waals surface area contributed by atoms with E-state index in [1.54, 1.807) is 0 Å². The lowest BCUT2D eigenvalue weighted by Gasteiger charge is -2.35. The van der Waals surface area contributed by atoms with E-state index >= 15 is 0 Å². The van der Waals surface area contributed by atoms with Crippen molar-refractivity contribution in [1.82, 2.24) is 4.90 Å². The van der Waals surface area contributed by atoms with Crippen molar-refractivity contribution >= 4 is 0 Å². The Morgan fingerprint density at radius 3 is 2.29 bits per heavy atom. The highest BCUT2D eigenvalue weighted by Crippen LogP contribution is 2.20. The summed E-state index contributed by atoms with van der Waals surface area (Å²) in [6.45, 7) is 7.42. The third kappa shape index (κ3) is 4.43. The molecular weight excluding hydrogens is 172 g/mol. The summed E-state index contributed by atoms with van der Waals surface area (Å²) >= 11 is 0. The molecule has 2 nitrogen and oxygen atoms in total. The van der Waals surface area contributed by atoms with Gasteiger partial charge in [0, 0.05) is 12.1 Å². The van der Waals surface area contributed by atoms with Crippen LogP contribution in [0.5, 0.6) is 0 Å². The second kappa shape index (κ2) is 8.25. The third-order valence-electron chi connectivity index (χ3n) is 2.92. The van der Waals surface area contributed by atoms with Gasteiger partial charge in [-0.15, -0.1) is 0 Å². The highest BCUT2D eigenvalue weighted by molar-refractivity contribution is 4.84. The van der Waals surface area contributed by atoms with E-state index in [0.29, 0.717) is 12.1 Å². The zero-order valence-electron chi connectivity index (χ0n) is 10.4. The molecule has 0 bridgehead atoms. The molecule has 0 saturated heterocycles. The first-order valence-electron chi connectivity index (χ1n) is 6.21. The van der Waals surface area contributed by atoms with Crippen LogP contribution in [0.4, 0.5) is 0 Å². The van der Waals surface area contributed by atoms with Crippen molar-refractivity contribution in [2.45, 2.75) is 65.0 Å². The number of rotatable bonds is 3. The molecular formula is C12H28N2. The number of nitrogens with zero attached hydrogens (tertiary/aromatic N) is 1. The molecule has 0 amide bonds. The van der Waals surface area contributed by atoms with Crippen LogP contribution in [-0.2, 0) is 0 Å². The van der Waals surface area contributed by atoms with Gasteiger partial charge >= 0.3 is 0 Å². The van der Waals surface area contributed by atoms with Gasteiger partial charge in [-0.25, -0.2) is 0 Å². The van der Waals surface area contributed by atoms with Crippen LogP contribution < -0.4 is 5.73 Å². The molecule has 1 fully saturated rings. The van der Waals surface area contributed by atoms with Gasteiger partial charge in [0.15, 0.2) is 0 Å². The lowest BCUT2D eigenvalue weighted by Crippen LogP contribution is -2.48. The molecule has 1 aliphatic rings. The zero-order valence-corrected chi connectivity index (χ0v) is 10.4. The summed E-state index contributed by atoms with van der Waals surface area (Å²) in [7, 11) is 2.21. The largest absolute Gasteiger partial charge is 0.326 e. The van der Waals surface area contributed by atoms with Crippen molar-refractivity contribution < 1.29 is 0 Å². The Kier molecular flexibility index (Phi) is 8.20. The van der Waals surface area contributed by atoms with Gasteiger partial charge in [-0.05, 0) is 32.9 Å². The molecule has 14 heavy (non-hydrogen) atoms. The summed E-state index contributed by atoms with van der Waals surface area (Å²) in [6, 6.07) is 1.08. The van der Waals surface area contributed by atoms with E-state index in [4.69, 9.17) is 5.73 Å². The monoisotopic (exact) mass is 200 g/mol. The van der Waals surface area contributed by atoms with E-state index in [2.05, 4.69) is 18.9 Å². The standard InChI is InChI=1S/C10H22N2.C2H6/c1-3-8-12(2)10-7-5-4-6-9(10)11;1-2/h9-10H,3-8,11H2,1-2H3;1-2H3/t9-,10-;/m0./s1. The topological polar surface area (TPSA) is 29.3 Å². The average Bonchev–Trinajstić information content (AvgIpc) is 2.22. The molecule has 0 unspecified atom stereocenters. The Bertz CT molecular complexity index is 125. The van der Waals surface area contributed by atoms with E-state index < -0.39 is 0 Å². The molecule has 0 aromatic carbocycles. The van der Waals surface area contributed by atoms with Gasteiger partial charge < -0.3 is 10.6 Å². The van der Waals surface area contributed by atoms with Crippen molar-refractivity contribution in [2.75, 3.05) is 13.6 Å². The molecule has 0 radical (unpaired) electrons. The number of likely N-dealkylation sites (N-methyl/N-ethyl adjacent to an activating group) is 1. The fourth-order valence-electron chi connectivity index (χ4n) is 2.21. The van der Waals surface area contributed by atoms with Gasteiger partial charge in [-0.3, -0.25) is 0 Å². The normalized spacial score (nSPS) is 27.0. The number of hydrogen-bond donors (Lipinski definition) is 1. The summed E-state index contributed by atoms with van der Waals surface area (Å²) in [5.74, 6) is 0. The molecule has 1 saturated carbocycles. The Hall–Kier alpha value is -0.0800. The van der Waals surface area contributed by atoms with Gasteiger partial charge in [-0.2, -0.15) is 0 Å². The molecule has 0 aliphatic heterocycles. The maximum Gasteiger partial charge on any atom is 0.0244 e. The molecule has 0 aromatic heterocycles. The van der Waals surface area contributed by atoms with Crippen LogP contribution in [0.15, 0.2) is 0 Å². The van der Waals surface area contributed by atoms with Gasteiger partial charge in [0.1, 0.15) is 0 Å². The first-order valence-corrected chi connectivity index (χ1v) is 6.21. The maximum absolute atomic E-state index is 6.07. The Labute approximate surface area is 89.9 Å². The molecule has 0 spiro atoms. The molecule has 0 aromatic rings. The molecule has 2 heteroatoms. The lowest BCUT2D eigenvalue weighted by molar-refractivity contribution is 0.169. The van der Waals surface area contributed by atoms with Crippen molar-refractivity contribution in [1.29, 1.82) is 0 Å². The van der Waals surface area contributed by atoms with Crippen LogP contribution in [0.3, 0.4) is 0 Å². The van der Waals surface area contributed by atoms with Crippen LogP contribution in [0.1, 0.15) is 52.9 Å². The molecule has 1 aliphatic carbocycles. The van der Waals surface area contributed by atoms with Crippen molar-refractivity contribution in [3.8, 4) is 0 Å². The predicted octanol–water partition coefficient (Wildman–Crippen LogP) is 2.62. The summed E-state index contributed by atoms with van der Waals surface area (Å²) < 4.78 is 0. The van der Waals surface area contributed by atoms with E-state index in [-0.39, 0.29) is 0 Å². The van der Waals surface area contributed by atoms with Crippen LogP contribution in [0.25, 0.3) is 0 Å². The minimum atomic E-state index is 0.426. The van der Waals surface area contributed by atoms with Crippen LogP contribution in [0, 0.1) is 0 Å². The number of hydrogen-bond acceptors (Lipinski definition) is 2. The second-order valence-corrected chi connectivity index (χ2v) is 4.00. The Morgan fingerprint density at radius 1 is 1.21 bits per heavy atom. The minimum absolute atomic E-state index is 0.426. The smallest absolute Gasteiger partial charge is 0.0244 e. The van der Waals surface area contributed by atoms with E-state index in [0.717, 1.165) is 0 Å². The molecule has 2 atom stereocenters. The first-order chi connectivity index (χ1) is 6.75. The summed E-state index contributed by atoms with van der Waals surface area (Å²) in [4.78, 5) is 2.43. The van der Waals surface area contributed by atoms with E-state index in [9.17, 15) is 0 Å². The SMILES string of the molecule is CC.CCCN(C)[C@H]1CCCC[C@@H]1N. The number of nitrogens with two attached hydrogens (primary N) is 1. The maximum atomic E-state index is 6.07. The van der Waals surface area contributed by atoms with Gasteiger partial charge in [0.2, 0.25) is 0 Å². The first kappa shape index (κ1) is 13.9. The third-order valence-corrected chi connectivity index (χ3v) is 2.92. The van der Waals surface area contributed by atoms with Gasteiger partial charge in [-0.1, -0.05) is 33.6 Å². The lowest BCUT2D eigenvalue weighted by atomic mass is 9.90. The Morgan fingerprint density at radius 2 is 1.79 bits per heavy atom. The fourth-order valence-corrected chi connectivity index (χ4v) is 2.21. The molecule has 1 rings (SSSR count). The molecule has 0 heterocycles. The van der Waals surface area contributed by atoms with Crippen molar-refractivity contribution in [3.05, 3.63) is 0 Å². The van der Waals surface area contributed by atoms with Crippen LogP contribution in [0.2, 0.25) is 0 Å². The van der Waals surface area contributed by atoms with Gasteiger partial charge in [0.05, 0.1) is 0 Å². The average molecular weight is 200 g/mol.